The Morgan fingerprint density at radius 2 is 1.85 bits per heavy atom. The van der Waals surface area contributed by atoms with Crippen LogP contribution in [0.3, 0.4) is 0 Å². The van der Waals surface area contributed by atoms with Crippen molar-refractivity contribution in [1.29, 1.82) is 0 Å². The van der Waals surface area contributed by atoms with Crippen molar-refractivity contribution in [2.24, 2.45) is 0 Å². The minimum Gasteiger partial charge on any atom is -0.480 e. The van der Waals surface area contributed by atoms with E-state index in [9.17, 15) is 19.1 Å². The summed E-state index contributed by atoms with van der Waals surface area (Å²) in [5.41, 5.74) is -0.0109. The number of carbonyl (C=O) groups is 2. The van der Waals surface area contributed by atoms with Crippen LogP contribution in [0, 0.1) is 5.82 Å². The summed E-state index contributed by atoms with van der Waals surface area (Å²) in [6.45, 7) is 0. The Morgan fingerprint density at radius 1 is 1.15 bits per heavy atom. The number of nitrogens with zero attached hydrogens (tertiary/aromatic N) is 1. The van der Waals surface area contributed by atoms with Crippen molar-refractivity contribution in [3.8, 4) is 5.88 Å². The van der Waals surface area contributed by atoms with Crippen molar-refractivity contribution < 1.29 is 23.8 Å². The number of fused-ring (bicyclic) bond motifs is 1. The van der Waals surface area contributed by atoms with E-state index in [1.54, 1.807) is 18.2 Å². The summed E-state index contributed by atoms with van der Waals surface area (Å²) in [5.74, 6) is -2.45. The predicted octanol–water partition coefficient (Wildman–Crippen LogP) is 3.99. The van der Waals surface area contributed by atoms with Crippen LogP contribution in [0.25, 0.3) is 10.8 Å². The Labute approximate surface area is 152 Å². The molecule has 0 spiro atoms. The highest BCUT2D eigenvalue weighted by Gasteiger charge is 2.19. The fourth-order valence-corrected chi connectivity index (χ4v) is 2.64. The van der Waals surface area contributed by atoms with Crippen LogP contribution in [0.2, 0.25) is 5.02 Å². The second-order valence-corrected chi connectivity index (χ2v) is 5.75. The van der Waals surface area contributed by atoms with Gasteiger partial charge in [-0.1, -0.05) is 23.7 Å². The van der Waals surface area contributed by atoms with Gasteiger partial charge in [-0.25, -0.2) is 9.18 Å². The van der Waals surface area contributed by atoms with Crippen LogP contribution in [-0.4, -0.2) is 29.1 Å². The third-order valence-corrected chi connectivity index (χ3v) is 3.93. The Morgan fingerprint density at radius 3 is 2.54 bits per heavy atom. The largest absolute Gasteiger partial charge is 0.480 e. The molecule has 0 aliphatic heterocycles. The monoisotopic (exact) mass is 374 g/mol. The van der Waals surface area contributed by atoms with E-state index in [1.165, 1.54) is 25.3 Å². The summed E-state index contributed by atoms with van der Waals surface area (Å²) in [4.78, 5) is 27.8. The molecule has 26 heavy (non-hydrogen) atoms. The van der Waals surface area contributed by atoms with Gasteiger partial charge in [0.05, 0.1) is 7.11 Å². The number of nitrogens with one attached hydrogen (secondary N) is 1. The SMILES string of the molecule is COc1nc(NC(=O)c2ccc3cc(F)ccc3c2)c(C(=O)O)cc1Cl. The van der Waals surface area contributed by atoms with Crippen LogP contribution >= 0.6 is 11.6 Å². The number of carbonyl (C=O) groups excluding carboxylic acids is 1. The number of amides is 1. The van der Waals surface area contributed by atoms with Gasteiger partial charge in [0.25, 0.3) is 5.91 Å². The summed E-state index contributed by atoms with van der Waals surface area (Å²) >= 11 is 5.88. The summed E-state index contributed by atoms with van der Waals surface area (Å²) in [6, 6.07) is 10.0. The molecule has 1 heterocycles. The zero-order valence-electron chi connectivity index (χ0n) is 13.4. The predicted molar refractivity (Wildman–Crippen MR) is 94.6 cm³/mol. The standard InChI is InChI=1S/C18H12ClFN2O4/c1-26-17-14(19)8-13(18(24)25)15(22-17)21-16(23)11-3-2-10-7-12(20)5-4-9(10)6-11/h2-8H,1H3,(H,24,25)(H,21,22,23). The van der Waals surface area contributed by atoms with Crippen LogP contribution in [-0.2, 0) is 0 Å². The fourth-order valence-electron chi connectivity index (χ4n) is 2.41. The quantitative estimate of drug-likeness (QED) is 0.721. The number of ether oxygens (including phenoxy) is 1. The van der Waals surface area contributed by atoms with Crippen LogP contribution < -0.4 is 10.1 Å². The minimum atomic E-state index is -1.30. The number of anilines is 1. The van der Waals surface area contributed by atoms with Gasteiger partial charge in [0.1, 0.15) is 16.4 Å². The molecule has 0 unspecified atom stereocenters. The molecule has 0 aliphatic carbocycles. The maximum atomic E-state index is 13.2. The van der Waals surface area contributed by atoms with Gasteiger partial charge in [-0.3, -0.25) is 4.79 Å². The first-order valence-corrected chi connectivity index (χ1v) is 7.75. The number of carboxylic acids is 1. The molecule has 0 saturated heterocycles. The Kier molecular flexibility index (Phi) is 4.73. The normalized spacial score (nSPS) is 10.6. The third-order valence-electron chi connectivity index (χ3n) is 3.66. The smallest absolute Gasteiger partial charge is 0.339 e. The van der Waals surface area contributed by atoms with E-state index in [1.807, 2.05) is 0 Å². The van der Waals surface area contributed by atoms with Gasteiger partial charge in [-0.15, -0.1) is 0 Å². The molecule has 1 amide bonds. The zero-order chi connectivity index (χ0) is 18.8. The molecule has 0 saturated carbocycles. The van der Waals surface area contributed by atoms with Crippen molar-refractivity contribution in [3.05, 3.63) is 64.4 Å². The van der Waals surface area contributed by atoms with Gasteiger partial charge in [0.2, 0.25) is 5.88 Å². The second-order valence-electron chi connectivity index (χ2n) is 5.34. The van der Waals surface area contributed by atoms with E-state index in [0.717, 1.165) is 6.07 Å². The Balaban J connectivity index is 1.97. The molecule has 3 rings (SSSR count). The van der Waals surface area contributed by atoms with E-state index in [2.05, 4.69) is 10.3 Å². The van der Waals surface area contributed by atoms with Crippen LogP contribution in [0.15, 0.2) is 42.5 Å². The lowest BCUT2D eigenvalue weighted by Gasteiger charge is -2.11. The number of hydrogen-bond donors (Lipinski definition) is 2. The maximum absolute atomic E-state index is 13.2. The first-order chi connectivity index (χ1) is 12.4. The van der Waals surface area contributed by atoms with Gasteiger partial charge in [0, 0.05) is 5.56 Å². The van der Waals surface area contributed by atoms with Crippen LogP contribution in [0.4, 0.5) is 10.2 Å². The highest BCUT2D eigenvalue weighted by molar-refractivity contribution is 6.32. The topological polar surface area (TPSA) is 88.5 Å². The van der Waals surface area contributed by atoms with Gasteiger partial charge in [0.15, 0.2) is 5.82 Å². The molecular weight excluding hydrogens is 363 g/mol. The number of aromatic nitrogens is 1. The van der Waals surface area contributed by atoms with Crippen molar-refractivity contribution in [2.45, 2.75) is 0 Å². The fraction of sp³-hybridized carbons (Fsp3) is 0.0556. The number of halogens is 2. The summed E-state index contributed by atoms with van der Waals surface area (Å²) in [7, 11) is 1.32. The molecule has 132 valence electrons. The lowest BCUT2D eigenvalue weighted by atomic mass is 10.1. The van der Waals surface area contributed by atoms with Crippen molar-refractivity contribution >= 4 is 40.1 Å². The van der Waals surface area contributed by atoms with Crippen molar-refractivity contribution in [3.63, 3.8) is 0 Å². The third kappa shape index (κ3) is 3.43. The van der Waals surface area contributed by atoms with Gasteiger partial charge >= 0.3 is 5.97 Å². The highest BCUT2D eigenvalue weighted by atomic mass is 35.5. The first kappa shape index (κ1) is 17.6. The summed E-state index contributed by atoms with van der Waals surface area (Å²) in [6.07, 6.45) is 0. The number of methoxy groups -OCH3 is 1. The molecule has 2 N–H and O–H groups in total. The molecule has 0 fully saturated rings. The molecule has 0 bridgehead atoms. The van der Waals surface area contributed by atoms with Gasteiger partial charge < -0.3 is 15.2 Å². The number of carboxylic acid groups (broad SMARTS) is 1. The highest BCUT2D eigenvalue weighted by Crippen LogP contribution is 2.28. The average Bonchev–Trinajstić information content (AvgIpc) is 2.62. The number of rotatable bonds is 4. The van der Waals surface area contributed by atoms with E-state index < -0.39 is 11.9 Å². The Bertz CT molecular complexity index is 1040. The average molecular weight is 375 g/mol. The number of pyridine rings is 1. The number of aromatic carboxylic acids is 1. The summed E-state index contributed by atoms with van der Waals surface area (Å²) < 4.78 is 18.2. The molecule has 6 nitrogen and oxygen atoms in total. The second kappa shape index (κ2) is 6.97. The molecular formula is C18H12ClFN2O4. The van der Waals surface area contributed by atoms with E-state index in [4.69, 9.17) is 16.3 Å². The van der Waals surface area contributed by atoms with E-state index in [0.29, 0.717) is 10.8 Å². The molecule has 0 radical (unpaired) electrons. The van der Waals surface area contributed by atoms with Crippen molar-refractivity contribution in [2.75, 3.05) is 12.4 Å². The number of benzene rings is 2. The zero-order valence-corrected chi connectivity index (χ0v) is 14.2. The molecule has 0 atom stereocenters. The van der Waals surface area contributed by atoms with Crippen molar-refractivity contribution in [1.82, 2.24) is 4.98 Å². The lowest BCUT2D eigenvalue weighted by Crippen LogP contribution is -2.16. The van der Waals surface area contributed by atoms with Gasteiger partial charge in [-0.05, 0) is 41.1 Å². The molecule has 3 aromatic rings. The number of hydrogen-bond acceptors (Lipinski definition) is 4. The van der Waals surface area contributed by atoms with Gasteiger partial charge in [-0.2, -0.15) is 4.98 Å². The Hall–Kier alpha value is -3.19. The molecule has 2 aromatic carbocycles. The van der Waals surface area contributed by atoms with E-state index in [-0.39, 0.29) is 33.7 Å². The molecule has 1 aromatic heterocycles. The van der Waals surface area contributed by atoms with E-state index >= 15 is 0 Å². The van der Waals surface area contributed by atoms with Crippen LogP contribution in [0.1, 0.15) is 20.7 Å². The molecule has 0 aliphatic rings. The summed E-state index contributed by atoms with van der Waals surface area (Å²) in [5, 5.41) is 13.0. The molecule has 8 heteroatoms. The lowest BCUT2D eigenvalue weighted by molar-refractivity contribution is 0.0697. The maximum Gasteiger partial charge on any atom is 0.339 e. The first-order valence-electron chi connectivity index (χ1n) is 7.37. The van der Waals surface area contributed by atoms with Crippen LogP contribution in [0.5, 0.6) is 5.88 Å². The minimum absolute atomic E-state index is 0.00984.